The Balaban J connectivity index is 2.42. The first-order valence-corrected chi connectivity index (χ1v) is 8.06. The van der Waals surface area contributed by atoms with E-state index in [1.165, 1.54) is 0 Å². The number of methoxy groups -OCH3 is 1. The van der Waals surface area contributed by atoms with E-state index in [0.717, 1.165) is 22.4 Å². The minimum atomic E-state index is -0.312. The zero-order valence-electron chi connectivity index (χ0n) is 14.6. The Morgan fingerprint density at radius 3 is 2.58 bits per heavy atom. The summed E-state index contributed by atoms with van der Waals surface area (Å²) in [4.78, 5) is 11.6. The van der Waals surface area contributed by atoms with E-state index in [2.05, 4.69) is 0 Å². The van der Waals surface area contributed by atoms with Crippen molar-refractivity contribution in [2.45, 2.75) is 33.6 Å². The van der Waals surface area contributed by atoms with E-state index in [-0.39, 0.29) is 18.2 Å². The Labute approximate surface area is 142 Å². The molecule has 0 N–H and O–H groups in total. The molecule has 2 rings (SSSR count). The second-order valence-electron chi connectivity index (χ2n) is 5.72. The molecule has 0 bridgehead atoms. The molecule has 0 aliphatic heterocycles. The SMILES string of the molecule is CCOC(=O)CCc1cc(-c2c(C)cccc2OC)cc(C)c1F. The van der Waals surface area contributed by atoms with Gasteiger partial charge in [-0.2, -0.15) is 0 Å². The van der Waals surface area contributed by atoms with Gasteiger partial charge in [0.15, 0.2) is 0 Å². The highest BCUT2D eigenvalue weighted by Crippen LogP contribution is 2.35. The lowest BCUT2D eigenvalue weighted by atomic mass is 9.94. The van der Waals surface area contributed by atoms with Gasteiger partial charge in [-0.3, -0.25) is 4.79 Å². The fraction of sp³-hybridized carbons (Fsp3) is 0.350. The third kappa shape index (κ3) is 3.94. The number of hydrogen-bond donors (Lipinski definition) is 0. The molecule has 0 radical (unpaired) electrons. The number of esters is 1. The van der Waals surface area contributed by atoms with Gasteiger partial charge < -0.3 is 9.47 Å². The van der Waals surface area contributed by atoms with E-state index in [0.29, 0.717) is 24.2 Å². The molecule has 0 aliphatic carbocycles. The van der Waals surface area contributed by atoms with Crippen LogP contribution in [0.15, 0.2) is 30.3 Å². The first-order valence-electron chi connectivity index (χ1n) is 8.06. The topological polar surface area (TPSA) is 35.5 Å². The van der Waals surface area contributed by atoms with Crippen molar-refractivity contribution >= 4 is 5.97 Å². The molecule has 2 aromatic carbocycles. The normalized spacial score (nSPS) is 10.5. The highest BCUT2D eigenvalue weighted by Gasteiger charge is 2.15. The molecule has 0 aromatic heterocycles. The summed E-state index contributed by atoms with van der Waals surface area (Å²) in [6.45, 7) is 5.82. The standard InChI is InChI=1S/C20H23FO3/c1-5-24-18(22)10-9-15-12-16(11-14(3)20(15)21)19-13(2)7-6-8-17(19)23-4/h6-8,11-12H,5,9-10H2,1-4H3. The monoisotopic (exact) mass is 330 g/mol. The summed E-state index contributed by atoms with van der Waals surface area (Å²) in [5.74, 6) is 0.168. The molecule has 2 aromatic rings. The molecule has 0 fully saturated rings. The zero-order chi connectivity index (χ0) is 17.7. The molecular formula is C20H23FO3. The Kier molecular flexibility index (Phi) is 5.96. The van der Waals surface area contributed by atoms with Gasteiger partial charge in [0.2, 0.25) is 0 Å². The lowest BCUT2D eigenvalue weighted by molar-refractivity contribution is -0.143. The van der Waals surface area contributed by atoms with E-state index in [1.54, 1.807) is 27.0 Å². The van der Waals surface area contributed by atoms with E-state index in [4.69, 9.17) is 9.47 Å². The molecule has 0 heterocycles. The molecule has 0 atom stereocenters. The summed E-state index contributed by atoms with van der Waals surface area (Å²) in [6.07, 6.45) is 0.478. The van der Waals surface area contributed by atoms with Gasteiger partial charge in [-0.1, -0.05) is 12.1 Å². The van der Waals surface area contributed by atoms with E-state index >= 15 is 0 Å². The predicted octanol–water partition coefficient (Wildman–Crippen LogP) is 4.61. The molecule has 0 unspecified atom stereocenters. The van der Waals surface area contributed by atoms with Gasteiger partial charge in [0.1, 0.15) is 11.6 Å². The van der Waals surface area contributed by atoms with Crippen LogP contribution < -0.4 is 4.74 Å². The number of ether oxygens (including phenoxy) is 2. The van der Waals surface area contributed by atoms with Crippen molar-refractivity contribution in [1.29, 1.82) is 0 Å². The second-order valence-corrected chi connectivity index (χ2v) is 5.72. The van der Waals surface area contributed by atoms with Crippen molar-refractivity contribution in [3.8, 4) is 16.9 Å². The van der Waals surface area contributed by atoms with Gasteiger partial charge in [0.25, 0.3) is 0 Å². The largest absolute Gasteiger partial charge is 0.496 e. The van der Waals surface area contributed by atoms with Crippen molar-refractivity contribution in [2.75, 3.05) is 13.7 Å². The fourth-order valence-electron chi connectivity index (χ4n) is 2.82. The van der Waals surface area contributed by atoms with E-state index in [1.807, 2.05) is 31.2 Å². The number of halogens is 1. The summed E-state index contributed by atoms with van der Waals surface area (Å²) in [5, 5.41) is 0. The number of benzene rings is 2. The maximum atomic E-state index is 14.4. The molecule has 0 spiro atoms. The average molecular weight is 330 g/mol. The molecule has 0 saturated heterocycles. The number of aryl methyl sites for hydroxylation is 3. The Morgan fingerprint density at radius 2 is 1.92 bits per heavy atom. The van der Waals surface area contributed by atoms with Crippen molar-refractivity contribution in [3.05, 3.63) is 52.8 Å². The van der Waals surface area contributed by atoms with Gasteiger partial charge in [0, 0.05) is 12.0 Å². The molecule has 128 valence electrons. The first-order chi connectivity index (χ1) is 11.5. The molecule has 4 heteroatoms. The van der Waals surface area contributed by atoms with E-state index in [9.17, 15) is 9.18 Å². The number of rotatable bonds is 6. The van der Waals surface area contributed by atoms with Gasteiger partial charge >= 0.3 is 5.97 Å². The third-order valence-electron chi connectivity index (χ3n) is 3.98. The van der Waals surface area contributed by atoms with E-state index < -0.39 is 0 Å². The Hall–Kier alpha value is -2.36. The second kappa shape index (κ2) is 7.95. The summed E-state index contributed by atoms with van der Waals surface area (Å²) < 4.78 is 24.8. The van der Waals surface area contributed by atoms with Crippen LogP contribution in [0.25, 0.3) is 11.1 Å². The van der Waals surface area contributed by atoms with Crippen LogP contribution in [0.2, 0.25) is 0 Å². The van der Waals surface area contributed by atoms with Crippen LogP contribution in [0.1, 0.15) is 30.0 Å². The summed E-state index contributed by atoms with van der Waals surface area (Å²) in [7, 11) is 1.62. The maximum Gasteiger partial charge on any atom is 0.306 e. The fourth-order valence-corrected chi connectivity index (χ4v) is 2.82. The minimum Gasteiger partial charge on any atom is -0.496 e. The zero-order valence-corrected chi connectivity index (χ0v) is 14.6. The number of hydrogen-bond acceptors (Lipinski definition) is 3. The molecule has 0 amide bonds. The minimum absolute atomic E-state index is 0.165. The average Bonchev–Trinajstić information content (AvgIpc) is 2.56. The van der Waals surface area contributed by atoms with Gasteiger partial charge in [-0.25, -0.2) is 4.39 Å². The number of carbonyl (C=O) groups is 1. The van der Waals surface area contributed by atoms with Crippen LogP contribution in [0.5, 0.6) is 5.75 Å². The van der Waals surface area contributed by atoms with Crippen LogP contribution in [0, 0.1) is 19.7 Å². The summed E-state index contributed by atoms with van der Waals surface area (Å²) in [6, 6.07) is 9.42. The van der Waals surface area contributed by atoms with Crippen LogP contribution in [-0.4, -0.2) is 19.7 Å². The maximum absolute atomic E-state index is 14.4. The van der Waals surface area contributed by atoms with Crippen molar-refractivity contribution in [3.63, 3.8) is 0 Å². The highest BCUT2D eigenvalue weighted by atomic mass is 19.1. The summed E-state index contributed by atoms with van der Waals surface area (Å²) in [5.41, 5.74) is 3.96. The van der Waals surface area contributed by atoms with Crippen molar-refractivity contribution in [2.24, 2.45) is 0 Å². The lowest BCUT2D eigenvalue weighted by Gasteiger charge is -2.15. The van der Waals surface area contributed by atoms with Gasteiger partial charge in [-0.05, 0) is 67.6 Å². The highest BCUT2D eigenvalue weighted by molar-refractivity contribution is 5.75. The van der Waals surface area contributed by atoms with Crippen LogP contribution in [-0.2, 0) is 16.0 Å². The first kappa shape index (κ1) is 18.0. The van der Waals surface area contributed by atoms with Crippen molar-refractivity contribution < 1.29 is 18.7 Å². The lowest BCUT2D eigenvalue weighted by Crippen LogP contribution is -2.06. The van der Waals surface area contributed by atoms with Crippen LogP contribution >= 0.6 is 0 Å². The molecule has 3 nitrogen and oxygen atoms in total. The predicted molar refractivity (Wildman–Crippen MR) is 92.8 cm³/mol. The Bertz CT molecular complexity index is 738. The third-order valence-corrected chi connectivity index (χ3v) is 3.98. The smallest absolute Gasteiger partial charge is 0.306 e. The quantitative estimate of drug-likeness (QED) is 0.725. The number of carbonyl (C=O) groups excluding carboxylic acids is 1. The van der Waals surface area contributed by atoms with Crippen molar-refractivity contribution in [1.82, 2.24) is 0 Å². The molecule has 0 saturated carbocycles. The van der Waals surface area contributed by atoms with Crippen LogP contribution in [0.4, 0.5) is 4.39 Å². The molecule has 24 heavy (non-hydrogen) atoms. The van der Waals surface area contributed by atoms with Gasteiger partial charge in [-0.15, -0.1) is 0 Å². The summed E-state index contributed by atoms with van der Waals surface area (Å²) >= 11 is 0. The molecule has 0 aliphatic rings. The molecular weight excluding hydrogens is 307 g/mol. The van der Waals surface area contributed by atoms with Gasteiger partial charge in [0.05, 0.1) is 13.7 Å². The van der Waals surface area contributed by atoms with Crippen LogP contribution in [0.3, 0.4) is 0 Å². The Morgan fingerprint density at radius 1 is 1.17 bits per heavy atom.